The van der Waals surface area contributed by atoms with E-state index in [0.717, 1.165) is 11.8 Å². The second-order valence-electron chi connectivity index (χ2n) is 2.19. The third-order valence-corrected chi connectivity index (χ3v) is 1.51. The van der Waals surface area contributed by atoms with Crippen LogP contribution < -0.4 is 0 Å². The average Bonchev–Trinajstić information content (AvgIpc) is 1.79. The molecule has 0 unspecified atom stereocenters. The van der Waals surface area contributed by atoms with Crippen LogP contribution in [0.2, 0.25) is 0 Å². The minimum Gasteiger partial charge on any atom is -0.0622 e. The Hall–Kier alpha value is 0. The van der Waals surface area contributed by atoms with E-state index in [-0.39, 0.29) is 0 Å². The zero-order valence-electron chi connectivity index (χ0n) is 3.86. The molecule has 0 amide bonds. The van der Waals surface area contributed by atoms with Gasteiger partial charge in [-0.3, -0.25) is 0 Å². The minimum absolute atomic E-state index is 1.05. The Morgan fingerprint density at radius 3 is 1.40 bits per heavy atom. The molecule has 0 saturated heterocycles. The molecule has 0 spiro atoms. The fourth-order valence-corrected chi connectivity index (χ4v) is 0.508. The summed E-state index contributed by atoms with van der Waals surface area (Å²) in [5, 5.41) is 0. The molecular formula is C5H10. The molecule has 0 nitrogen and oxygen atoms in total. The standard InChI is InChI=1S/C5H10/c1-4-3-5(4)2/h4-5H,3H2,1-2H3/t4-,5+. The van der Waals surface area contributed by atoms with Crippen molar-refractivity contribution in [3.8, 4) is 0 Å². The van der Waals surface area contributed by atoms with Gasteiger partial charge in [-0.1, -0.05) is 13.8 Å². The SMILES string of the molecule is C[C@@H]1C[C@@H]1C. The van der Waals surface area contributed by atoms with Crippen LogP contribution >= 0.6 is 0 Å². The molecule has 0 heteroatoms. The molecule has 0 N–H and O–H groups in total. The van der Waals surface area contributed by atoms with Gasteiger partial charge < -0.3 is 0 Å². The highest BCUT2D eigenvalue weighted by molar-refractivity contribution is 4.76. The first-order valence-electron chi connectivity index (χ1n) is 2.30. The molecule has 1 rings (SSSR count). The van der Waals surface area contributed by atoms with Crippen LogP contribution in [0, 0.1) is 11.8 Å². The van der Waals surface area contributed by atoms with E-state index in [1.807, 2.05) is 0 Å². The summed E-state index contributed by atoms with van der Waals surface area (Å²) in [6.45, 7) is 4.59. The first-order chi connectivity index (χ1) is 2.30. The van der Waals surface area contributed by atoms with E-state index in [1.54, 1.807) is 0 Å². The fourth-order valence-electron chi connectivity index (χ4n) is 0.508. The van der Waals surface area contributed by atoms with Crippen molar-refractivity contribution < 1.29 is 0 Å². The van der Waals surface area contributed by atoms with Gasteiger partial charge in [0.25, 0.3) is 0 Å². The summed E-state index contributed by atoms with van der Waals surface area (Å²) in [5.74, 6) is 2.10. The van der Waals surface area contributed by atoms with Crippen molar-refractivity contribution in [3.63, 3.8) is 0 Å². The largest absolute Gasteiger partial charge is 0.0622 e. The van der Waals surface area contributed by atoms with Crippen molar-refractivity contribution in [3.05, 3.63) is 0 Å². The van der Waals surface area contributed by atoms with Crippen molar-refractivity contribution >= 4 is 0 Å². The lowest BCUT2D eigenvalue weighted by Crippen LogP contribution is -1.58. The Morgan fingerprint density at radius 1 is 1.20 bits per heavy atom. The number of rotatable bonds is 0. The quantitative estimate of drug-likeness (QED) is 0.406. The zero-order valence-corrected chi connectivity index (χ0v) is 3.86. The van der Waals surface area contributed by atoms with Crippen molar-refractivity contribution in [1.29, 1.82) is 0 Å². The topological polar surface area (TPSA) is 0 Å². The van der Waals surface area contributed by atoms with E-state index in [9.17, 15) is 0 Å². The van der Waals surface area contributed by atoms with Crippen LogP contribution in [0.3, 0.4) is 0 Å². The highest BCUT2D eigenvalue weighted by atomic mass is 14.3. The summed E-state index contributed by atoms with van der Waals surface area (Å²) in [5.41, 5.74) is 0. The Bertz CT molecular complexity index is 33.3. The smallest absolute Gasteiger partial charge is 0.0414 e. The summed E-state index contributed by atoms with van der Waals surface area (Å²) in [6.07, 6.45) is 1.47. The molecule has 0 aromatic rings. The molecule has 0 aliphatic heterocycles. The molecule has 0 bridgehead atoms. The van der Waals surface area contributed by atoms with E-state index < -0.39 is 0 Å². The van der Waals surface area contributed by atoms with Crippen LogP contribution in [-0.2, 0) is 0 Å². The third kappa shape index (κ3) is 0.444. The van der Waals surface area contributed by atoms with Gasteiger partial charge in [-0.25, -0.2) is 0 Å². The summed E-state index contributed by atoms with van der Waals surface area (Å²) >= 11 is 0. The Kier molecular flexibility index (Phi) is 0.470. The lowest BCUT2D eigenvalue weighted by Gasteiger charge is -1.66. The monoisotopic (exact) mass is 70.1 g/mol. The Balaban J connectivity index is 2.20. The number of hydrogen-bond donors (Lipinski definition) is 0. The van der Waals surface area contributed by atoms with Gasteiger partial charge in [0.2, 0.25) is 0 Å². The molecule has 0 radical (unpaired) electrons. The molecule has 0 heterocycles. The molecular weight excluding hydrogens is 60.1 g/mol. The fraction of sp³-hybridized carbons (Fsp3) is 1.00. The summed E-state index contributed by atoms with van der Waals surface area (Å²) in [4.78, 5) is 0. The van der Waals surface area contributed by atoms with Crippen LogP contribution in [-0.4, -0.2) is 0 Å². The predicted octanol–water partition coefficient (Wildman–Crippen LogP) is 1.66. The maximum atomic E-state index is 2.30. The van der Waals surface area contributed by atoms with Crippen LogP contribution in [0.1, 0.15) is 20.3 Å². The highest BCUT2D eigenvalue weighted by Gasteiger charge is 2.26. The summed E-state index contributed by atoms with van der Waals surface area (Å²) in [7, 11) is 0. The maximum Gasteiger partial charge on any atom is -0.0414 e. The van der Waals surface area contributed by atoms with E-state index in [4.69, 9.17) is 0 Å². The van der Waals surface area contributed by atoms with E-state index in [1.165, 1.54) is 6.42 Å². The lowest BCUT2D eigenvalue weighted by atomic mass is 10.4. The molecule has 2 atom stereocenters. The van der Waals surface area contributed by atoms with Gasteiger partial charge in [0, 0.05) is 0 Å². The second kappa shape index (κ2) is 0.735. The predicted molar refractivity (Wildman–Crippen MR) is 22.9 cm³/mol. The van der Waals surface area contributed by atoms with Gasteiger partial charge in [0.1, 0.15) is 0 Å². The van der Waals surface area contributed by atoms with Crippen LogP contribution in [0.5, 0.6) is 0 Å². The van der Waals surface area contributed by atoms with Gasteiger partial charge in [0.15, 0.2) is 0 Å². The van der Waals surface area contributed by atoms with Gasteiger partial charge in [-0.2, -0.15) is 0 Å². The van der Waals surface area contributed by atoms with Crippen LogP contribution in [0.4, 0.5) is 0 Å². The first kappa shape index (κ1) is 3.20. The molecule has 30 valence electrons. The van der Waals surface area contributed by atoms with Crippen LogP contribution in [0.15, 0.2) is 0 Å². The molecule has 5 heavy (non-hydrogen) atoms. The molecule has 1 fully saturated rings. The lowest BCUT2D eigenvalue weighted by molar-refractivity contribution is 0.834. The Morgan fingerprint density at radius 2 is 1.40 bits per heavy atom. The van der Waals surface area contributed by atoms with E-state index >= 15 is 0 Å². The number of hydrogen-bond acceptors (Lipinski definition) is 0. The van der Waals surface area contributed by atoms with Crippen LogP contribution in [0.25, 0.3) is 0 Å². The minimum atomic E-state index is 1.05. The van der Waals surface area contributed by atoms with Gasteiger partial charge in [-0.15, -0.1) is 0 Å². The van der Waals surface area contributed by atoms with Crippen molar-refractivity contribution in [1.82, 2.24) is 0 Å². The van der Waals surface area contributed by atoms with E-state index in [2.05, 4.69) is 13.8 Å². The third-order valence-electron chi connectivity index (χ3n) is 1.51. The maximum absolute atomic E-state index is 2.30. The summed E-state index contributed by atoms with van der Waals surface area (Å²) < 4.78 is 0. The first-order valence-corrected chi connectivity index (χ1v) is 2.30. The normalized spacial score (nSPS) is 49.2. The molecule has 1 saturated carbocycles. The van der Waals surface area contributed by atoms with Gasteiger partial charge in [-0.05, 0) is 18.3 Å². The Labute approximate surface area is 33.2 Å². The zero-order chi connectivity index (χ0) is 3.86. The molecule has 1 aliphatic carbocycles. The molecule has 0 aromatic heterocycles. The van der Waals surface area contributed by atoms with E-state index in [0.29, 0.717) is 0 Å². The van der Waals surface area contributed by atoms with Crippen molar-refractivity contribution in [2.24, 2.45) is 11.8 Å². The second-order valence-corrected chi connectivity index (χ2v) is 2.19. The van der Waals surface area contributed by atoms with Crippen molar-refractivity contribution in [2.45, 2.75) is 20.3 Å². The van der Waals surface area contributed by atoms with Gasteiger partial charge >= 0.3 is 0 Å². The molecule has 1 aliphatic rings. The van der Waals surface area contributed by atoms with Crippen molar-refractivity contribution in [2.75, 3.05) is 0 Å². The van der Waals surface area contributed by atoms with Gasteiger partial charge in [0.05, 0.1) is 0 Å². The highest BCUT2D eigenvalue weighted by Crippen LogP contribution is 2.36. The average molecular weight is 70.1 g/mol. The summed E-state index contributed by atoms with van der Waals surface area (Å²) in [6, 6.07) is 0. The molecule has 0 aromatic carbocycles.